The van der Waals surface area contributed by atoms with Crippen molar-refractivity contribution < 1.29 is 8.78 Å². The molecule has 0 bridgehead atoms. The first-order chi connectivity index (χ1) is 11.5. The molecule has 3 rings (SSSR count). The van der Waals surface area contributed by atoms with E-state index < -0.39 is 11.6 Å². The van der Waals surface area contributed by atoms with Gasteiger partial charge in [-0.15, -0.1) is 5.10 Å². The molecule has 2 aromatic heterocycles. The zero-order valence-corrected chi connectivity index (χ0v) is 13.7. The Morgan fingerprint density at radius 2 is 1.96 bits per heavy atom. The molecule has 0 fully saturated rings. The topological polar surface area (TPSA) is 61.4 Å². The first-order valence-corrected chi connectivity index (χ1v) is 7.67. The molecule has 6 nitrogen and oxygen atoms in total. The van der Waals surface area contributed by atoms with Gasteiger partial charge in [0.1, 0.15) is 18.1 Å². The lowest BCUT2D eigenvalue weighted by Gasteiger charge is -2.17. The third-order valence-electron chi connectivity index (χ3n) is 3.78. The summed E-state index contributed by atoms with van der Waals surface area (Å²) in [5.41, 5.74) is 0.950. The van der Waals surface area contributed by atoms with E-state index in [9.17, 15) is 8.78 Å². The van der Waals surface area contributed by atoms with Crippen molar-refractivity contribution in [3.8, 4) is 11.3 Å². The van der Waals surface area contributed by atoms with Crippen LogP contribution in [-0.4, -0.2) is 29.8 Å². The number of halogens is 2. The zero-order chi connectivity index (χ0) is 17.3. The molecule has 1 aromatic carbocycles. The zero-order valence-electron chi connectivity index (χ0n) is 13.7. The van der Waals surface area contributed by atoms with Crippen molar-refractivity contribution in [3.63, 3.8) is 0 Å². The van der Waals surface area contributed by atoms with Crippen molar-refractivity contribution in [1.29, 1.82) is 0 Å². The Bertz CT molecular complexity index is 839. The van der Waals surface area contributed by atoms with Crippen LogP contribution >= 0.6 is 0 Å². The van der Waals surface area contributed by atoms with Gasteiger partial charge < -0.3 is 0 Å². The molecule has 0 N–H and O–H groups in total. The summed E-state index contributed by atoms with van der Waals surface area (Å²) in [5.74, 6) is -0.620. The van der Waals surface area contributed by atoms with E-state index in [1.54, 1.807) is 15.6 Å². The smallest absolute Gasteiger partial charge is 0.159 e. The van der Waals surface area contributed by atoms with Crippen LogP contribution in [0.1, 0.15) is 32.1 Å². The molecule has 0 spiro atoms. The highest BCUT2D eigenvalue weighted by Gasteiger charge is 2.22. The van der Waals surface area contributed by atoms with Gasteiger partial charge in [0.15, 0.2) is 17.5 Å². The minimum absolute atomic E-state index is 0.135. The van der Waals surface area contributed by atoms with Crippen molar-refractivity contribution in [2.45, 2.75) is 26.3 Å². The minimum Gasteiger partial charge on any atom is -0.251 e. The molecule has 2 heterocycles. The molecule has 8 heteroatoms. The van der Waals surface area contributed by atoms with Crippen LogP contribution in [0.5, 0.6) is 0 Å². The predicted molar refractivity (Wildman–Crippen MR) is 84.0 cm³/mol. The Hall–Kier alpha value is -2.64. The highest BCUT2D eigenvalue weighted by Crippen LogP contribution is 2.26. The predicted octanol–water partition coefficient (Wildman–Crippen LogP) is 2.99. The van der Waals surface area contributed by atoms with Crippen LogP contribution in [0.15, 0.2) is 30.7 Å². The molecule has 0 saturated carbocycles. The van der Waals surface area contributed by atoms with Crippen LogP contribution in [0.3, 0.4) is 0 Å². The average molecular weight is 332 g/mol. The Morgan fingerprint density at radius 1 is 1.17 bits per heavy atom. The summed E-state index contributed by atoms with van der Waals surface area (Å²) in [6.07, 6.45) is 4.01. The van der Waals surface area contributed by atoms with Gasteiger partial charge in [0.05, 0.1) is 6.20 Å². The van der Waals surface area contributed by atoms with Gasteiger partial charge in [0, 0.05) is 12.6 Å². The molecule has 0 radical (unpaired) electrons. The van der Waals surface area contributed by atoms with Crippen LogP contribution in [0.2, 0.25) is 0 Å². The van der Waals surface area contributed by atoms with Crippen LogP contribution < -0.4 is 0 Å². The van der Waals surface area contributed by atoms with E-state index in [1.807, 2.05) is 7.05 Å². The molecule has 0 unspecified atom stereocenters. The molecular weight excluding hydrogens is 314 g/mol. The Morgan fingerprint density at radius 3 is 2.58 bits per heavy atom. The highest BCUT2D eigenvalue weighted by atomic mass is 19.2. The van der Waals surface area contributed by atoms with Crippen LogP contribution in [0.25, 0.3) is 11.3 Å². The van der Waals surface area contributed by atoms with Gasteiger partial charge in [-0.25, -0.2) is 18.4 Å². The van der Waals surface area contributed by atoms with Crippen LogP contribution in [0.4, 0.5) is 8.78 Å². The molecular formula is C16H18F2N6. The SMILES string of the molecule is CC(C)C[C@@H](c1ncnn1C)n1cc(-c2ccc(F)c(F)c2)nn1. The third-order valence-corrected chi connectivity index (χ3v) is 3.78. The van der Waals surface area contributed by atoms with Gasteiger partial charge in [-0.1, -0.05) is 19.1 Å². The van der Waals surface area contributed by atoms with Crippen molar-refractivity contribution in [2.24, 2.45) is 13.0 Å². The van der Waals surface area contributed by atoms with Gasteiger partial charge in [0.2, 0.25) is 0 Å². The number of benzene rings is 1. The molecule has 1 atom stereocenters. The second-order valence-corrected chi connectivity index (χ2v) is 6.10. The quantitative estimate of drug-likeness (QED) is 0.721. The normalized spacial score (nSPS) is 12.8. The Balaban J connectivity index is 1.97. The van der Waals surface area contributed by atoms with Crippen molar-refractivity contribution in [1.82, 2.24) is 29.8 Å². The summed E-state index contributed by atoms with van der Waals surface area (Å²) in [7, 11) is 1.82. The summed E-state index contributed by atoms with van der Waals surface area (Å²) in [5, 5.41) is 12.4. The molecule has 0 aliphatic rings. The molecule has 0 aliphatic carbocycles. The lowest BCUT2D eigenvalue weighted by atomic mass is 10.0. The van der Waals surface area contributed by atoms with Gasteiger partial charge in [-0.2, -0.15) is 5.10 Å². The van der Waals surface area contributed by atoms with Gasteiger partial charge in [-0.05, 0) is 30.5 Å². The molecule has 0 aliphatic heterocycles. The number of rotatable bonds is 5. The number of aryl methyl sites for hydroxylation is 1. The van der Waals surface area contributed by atoms with Gasteiger partial charge in [0.25, 0.3) is 0 Å². The molecule has 24 heavy (non-hydrogen) atoms. The van der Waals surface area contributed by atoms with Crippen LogP contribution in [-0.2, 0) is 7.05 Å². The van der Waals surface area contributed by atoms with E-state index in [0.717, 1.165) is 24.4 Å². The van der Waals surface area contributed by atoms with E-state index in [1.165, 1.54) is 12.4 Å². The first-order valence-electron chi connectivity index (χ1n) is 7.67. The number of hydrogen-bond donors (Lipinski definition) is 0. The monoisotopic (exact) mass is 332 g/mol. The van der Waals surface area contributed by atoms with E-state index >= 15 is 0 Å². The van der Waals surface area contributed by atoms with Gasteiger partial charge in [-0.3, -0.25) is 4.68 Å². The number of nitrogens with zero attached hydrogens (tertiary/aromatic N) is 6. The van der Waals surface area contributed by atoms with Crippen molar-refractivity contribution in [3.05, 3.63) is 48.2 Å². The fraction of sp³-hybridized carbons (Fsp3) is 0.375. The molecule has 0 amide bonds. The Kier molecular flexibility index (Phi) is 4.37. The van der Waals surface area contributed by atoms with E-state index in [2.05, 4.69) is 34.2 Å². The van der Waals surface area contributed by atoms with E-state index in [4.69, 9.17) is 0 Å². The second-order valence-electron chi connectivity index (χ2n) is 6.10. The van der Waals surface area contributed by atoms with Crippen LogP contribution in [0, 0.1) is 17.6 Å². The summed E-state index contributed by atoms with van der Waals surface area (Å²) in [6.45, 7) is 4.22. The maximum absolute atomic E-state index is 13.4. The maximum atomic E-state index is 13.4. The lowest BCUT2D eigenvalue weighted by Crippen LogP contribution is -2.18. The molecule has 126 valence electrons. The summed E-state index contributed by atoms with van der Waals surface area (Å²) in [4.78, 5) is 4.31. The third kappa shape index (κ3) is 3.17. The van der Waals surface area contributed by atoms with E-state index in [-0.39, 0.29) is 6.04 Å². The minimum atomic E-state index is -0.908. The summed E-state index contributed by atoms with van der Waals surface area (Å²) in [6, 6.07) is 3.54. The summed E-state index contributed by atoms with van der Waals surface area (Å²) >= 11 is 0. The second kappa shape index (κ2) is 6.46. The lowest BCUT2D eigenvalue weighted by molar-refractivity contribution is 0.387. The number of aromatic nitrogens is 6. The van der Waals surface area contributed by atoms with Gasteiger partial charge >= 0.3 is 0 Å². The highest BCUT2D eigenvalue weighted by molar-refractivity contribution is 5.57. The first kappa shape index (κ1) is 16.2. The average Bonchev–Trinajstić information content (AvgIpc) is 3.17. The fourth-order valence-electron chi connectivity index (χ4n) is 2.60. The van der Waals surface area contributed by atoms with Crippen molar-refractivity contribution in [2.75, 3.05) is 0 Å². The molecule has 3 aromatic rings. The molecule has 0 saturated heterocycles. The standard InChI is InChI=1S/C16H18F2N6/c1-10(2)6-15(16-19-9-20-23(16)3)24-8-14(21-22-24)11-4-5-12(17)13(18)7-11/h4-5,7-10,15H,6H2,1-3H3/t15-/m0/s1. The van der Waals surface area contributed by atoms with Crippen molar-refractivity contribution >= 4 is 0 Å². The fourth-order valence-corrected chi connectivity index (χ4v) is 2.60. The maximum Gasteiger partial charge on any atom is 0.159 e. The largest absolute Gasteiger partial charge is 0.251 e. The number of hydrogen-bond acceptors (Lipinski definition) is 4. The Labute approximate surface area is 138 Å². The van der Waals surface area contributed by atoms with E-state index in [0.29, 0.717) is 17.2 Å². The summed E-state index contributed by atoms with van der Waals surface area (Å²) < 4.78 is 29.9.